The van der Waals surface area contributed by atoms with Gasteiger partial charge in [0.15, 0.2) is 0 Å². The number of alkyl halides is 3. The maximum absolute atomic E-state index is 12.4. The van der Waals surface area contributed by atoms with Gasteiger partial charge in [-0.3, -0.25) is 4.98 Å². The van der Waals surface area contributed by atoms with Gasteiger partial charge >= 0.3 is 6.18 Å². The topological polar surface area (TPSA) is 12.9 Å². The summed E-state index contributed by atoms with van der Waals surface area (Å²) in [7, 11) is 0. The van der Waals surface area contributed by atoms with E-state index >= 15 is 0 Å². The van der Waals surface area contributed by atoms with Gasteiger partial charge in [-0.25, -0.2) is 0 Å². The number of thiol groups is 1. The number of nitrogens with zero attached hydrogens (tertiary/aromatic N) is 1. The summed E-state index contributed by atoms with van der Waals surface area (Å²) in [5, 5.41) is 0. The lowest BCUT2D eigenvalue weighted by Crippen LogP contribution is -2.04. The van der Waals surface area contributed by atoms with Crippen molar-refractivity contribution in [2.24, 2.45) is 0 Å². The van der Waals surface area contributed by atoms with Crippen LogP contribution in [0.1, 0.15) is 11.3 Å². The number of hydrogen-bond donors (Lipinski definition) is 1. The van der Waals surface area contributed by atoms with E-state index in [1.165, 1.54) is 12.1 Å². The molecule has 1 aromatic carbocycles. The fraction of sp³-hybridized carbons (Fsp3) is 0.154. The van der Waals surface area contributed by atoms with Gasteiger partial charge in [0.2, 0.25) is 0 Å². The third kappa shape index (κ3) is 2.85. The standard InChI is InChI=1S/C13H10F3NS/c14-13(15,16)10-6-4-9(5-7-10)12-3-1-2-11(8-18)17-12/h1-7,18H,8H2. The van der Waals surface area contributed by atoms with Crippen molar-refractivity contribution in [3.8, 4) is 11.3 Å². The summed E-state index contributed by atoms with van der Waals surface area (Å²) in [6.07, 6.45) is -4.31. The average Bonchev–Trinajstić information content (AvgIpc) is 2.38. The van der Waals surface area contributed by atoms with Gasteiger partial charge in [0.1, 0.15) is 0 Å². The van der Waals surface area contributed by atoms with E-state index in [2.05, 4.69) is 17.6 Å². The van der Waals surface area contributed by atoms with Gasteiger partial charge in [0.05, 0.1) is 17.0 Å². The van der Waals surface area contributed by atoms with Gasteiger partial charge in [0.25, 0.3) is 0 Å². The highest BCUT2D eigenvalue weighted by molar-refractivity contribution is 7.79. The first-order chi connectivity index (χ1) is 8.50. The molecule has 1 nitrogen and oxygen atoms in total. The van der Waals surface area contributed by atoms with Crippen molar-refractivity contribution in [1.82, 2.24) is 4.98 Å². The first-order valence-electron chi connectivity index (χ1n) is 5.25. The average molecular weight is 269 g/mol. The van der Waals surface area contributed by atoms with Crippen LogP contribution in [0.2, 0.25) is 0 Å². The Labute approximate surface area is 108 Å². The molecule has 2 aromatic rings. The monoisotopic (exact) mass is 269 g/mol. The lowest BCUT2D eigenvalue weighted by atomic mass is 10.1. The van der Waals surface area contributed by atoms with Crippen molar-refractivity contribution in [1.29, 1.82) is 0 Å². The Bertz CT molecular complexity index is 535. The Hall–Kier alpha value is -1.49. The summed E-state index contributed by atoms with van der Waals surface area (Å²) >= 11 is 4.11. The van der Waals surface area contributed by atoms with Crippen molar-refractivity contribution in [2.45, 2.75) is 11.9 Å². The fourth-order valence-electron chi connectivity index (χ4n) is 1.56. The number of hydrogen-bond acceptors (Lipinski definition) is 2. The van der Waals surface area contributed by atoms with Crippen LogP contribution >= 0.6 is 12.6 Å². The molecule has 0 bridgehead atoms. The van der Waals surface area contributed by atoms with E-state index in [1.807, 2.05) is 12.1 Å². The van der Waals surface area contributed by atoms with Gasteiger partial charge in [-0.2, -0.15) is 25.8 Å². The summed E-state index contributed by atoms with van der Waals surface area (Å²) in [6, 6.07) is 10.4. The van der Waals surface area contributed by atoms with Crippen LogP contribution in [0.15, 0.2) is 42.5 Å². The normalized spacial score (nSPS) is 11.6. The van der Waals surface area contributed by atoms with Crippen molar-refractivity contribution < 1.29 is 13.2 Å². The third-order valence-corrected chi connectivity index (χ3v) is 2.80. The largest absolute Gasteiger partial charge is 0.416 e. The molecular weight excluding hydrogens is 259 g/mol. The second-order valence-electron chi connectivity index (χ2n) is 3.75. The molecule has 0 aliphatic heterocycles. The van der Waals surface area contributed by atoms with E-state index in [0.29, 0.717) is 17.0 Å². The van der Waals surface area contributed by atoms with Crippen LogP contribution in [0, 0.1) is 0 Å². The fourth-order valence-corrected chi connectivity index (χ4v) is 1.73. The number of aromatic nitrogens is 1. The van der Waals surface area contributed by atoms with Crippen LogP contribution < -0.4 is 0 Å². The number of halogens is 3. The van der Waals surface area contributed by atoms with Crippen LogP contribution in [0.3, 0.4) is 0 Å². The minimum Gasteiger partial charge on any atom is -0.252 e. The van der Waals surface area contributed by atoms with E-state index < -0.39 is 11.7 Å². The van der Waals surface area contributed by atoms with Gasteiger partial charge in [-0.05, 0) is 24.3 Å². The molecule has 5 heteroatoms. The zero-order chi connectivity index (χ0) is 13.2. The van der Waals surface area contributed by atoms with Crippen molar-refractivity contribution in [3.63, 3.8) is 0 Å². The molecule has 1 aromatic heterocycles. The predicted molar refractivity (Wildman–Crippen MR) is 67.4 cm³/mol. The van der Waals surface area contributed by atoms with Gasteiger partial charge in [-0.1, -0.05) is 18.2 Å². The molecule has 1 heterocycles. The van der Waals surface area contributed by atoms with Crippen LogP contribution in [0.25, 0.3) is 11.3 Å². The summed E-state index contributed by atoms with van der Waals surface area (Å²) in [6.45, 7) is 0. The van der Waals surface area contributed by atoms with Crippen LogP contribution in [-0.4, -0.2) is 4.98 Å². The minimum atomic E-state index is -4.31. The highest BCUT2D eigenvalue weighted by Gasteiger charge is 2.29. The van der Waals surface area contributed by atoms with Gasteiger partial charge in [-0.15, -0.1) is 0 Å². The lowest BCUT2D eigenvalue weighted by molar-refractivity contribution is -0.137. The molecule has 0 unspecified atom stereocenters. The minimum absolute atomic E-state index is 0.495. The van der Waals surface area contributed by atoms with Crippen LogP contribution in [0.5, 0.6) is 0 Å². The molecule has 0 fully saturated rings. The Morgan fingerprint density at radius 2 is 1.67 bits per heavy atom. The van der Waals surface area contributed by atoms with E-state index in [4.69, 9.17) is 0 Å². The lowest BCUT2D eigenvalue weighted by Gasteiger charge is -2.07. The molecule has 0 saturated carbocycles. The molecule has 2 rings (SSSR count). The van der Waals surface area contributed by atoms with Crippen molar-refractivity contribution in [2.75, 3.05) is 0 Å². The first kappa shape index (κ1) is 13.0. The number of rotatable bonds is 2. The molecule has 0 aliphatic rings. The first-order valence-corrected chi connectivity index (χ1v) is 5.88. The molecule has 0 aliphatic carbocycles. The van der Waals surface area contributed by atoms with Gasteiger partial charge < -0.3 is 0 Å². The summed E-state index contributed by atoms with van der Waals surface area (Å²) in [4.78, 5) is 4.30. The zero-order valence-corrected chi connectivity index (χ0v) is 10.2. The molecular formula is C13H10F3NS. The third-order valence-electron chi connectivity index (χ3n) is 2.48. The molecule has 0 atom stereocenters. The quantitative estimate of drug-likeness (QED) is 0.806. The molecule has 18 heavy (non-hydrogen) atoms. The van der Waals surface area contributed by atoms with Crippen LogP contribution in [0.4, 0.5) is 13.2 Å². The Balaban J connectivity index is 2.34. The molecule has 0 amide bonds. The van der Waals surface area contributed by atoms with Gasteiger partial charge in [0, 0.05) is 11.3 Å². The maximum atomic E-state index is 12.4. The molecule has 0 radical (unpaired) electrons. The molecule has 94 valence electrons. The van der Waals surface area contributed by atoms with Crippen molar-refractivity contribution >= 4 is 12.6 Å². The van der Waals surface area contributed by atoms with E-state index in [-0.39, 0.29) is 0 Å². The summed E-state index contributed by atoms with van der Waals surface area (Å²) in [5.74, 6) is 0.495. The van der Waals surface area contributed by atoms with E-state index in [9.17, 15) is 13.2 Å². The predicted octanol–water partition coefficient (Wildman–Crippen LogP) is 4.20. The zero-order valence-electron chi connectivity index (χ0n) is 9.28. The number of benzene rings is 1. The highest BCUT2D eigenvalue weighted by atomic mass is 32.1. The molecule has 0 saturated heterocycles. The second-order valence-corrected chi connectivity index (χ2v) is 4.06. The van der Waals surface area contributed by atoms with Crippen LogP contribution in [-0.2, 0) is 11.9 Å². The summed E-state index contributed by atoms with van der Waals surface area (Å²) in [5.41, 5.74) is 1.44. The maximum Gasteiger partial charge on any atom is 0.416 e. The van der Waals surface area contributed by atoms with E-state index in [1.54, 1.807) is 6.07 Å². The summed E-state index contributed by atoms with van der Waals surface area (Å²) < 4.78 is 37.2. The molecule has 0 spiro atoms. The van der Waals surface area contributed by atoms with E-state index in [0.717, 1.165) is 17.8 Å². The van der Waals surface area contributed by atoms with Crippen molar-refractivity contribution in [3.05, 3.63) is 53.7 Å². The Morgan fingerprint density at radius 1 is 1.00 bits per heavy atom. The smallest absolute Gasteiger partial charge is 0.252 e. The molecule has 0 N–H and O–H groups in total. The Morgan fingerprint density at radius 3 is 2.22 bits per heavy atom. The SMILES string of the molecule is FC(F)(F)c1ccc(-c2cccc(CS)n2)cc1. The second kappa shape index (κ2) is 5.02. The highest BCUT2D eigenvalue weighted by Crippen LogP contribution is 2.30. The number of pyridine rings is 1. The Kier molecular flexibility index (Phi) is 3.61.